The molecule has 3 N–H and O–H groups in total. The Hall–Kier alpha value is -2.73. The van der Waals surface area contributed by atoms with E-state index >= 15 is 0 Å². The summed E-state index contributed by atoms with van der Waals surface area (Å²) in [5, 5.41) is 3.21. The maximum atomic E-state index is 14.2. The highest BCUT2D eigenvalue weighted by molar-refractivity contribution is 9.10. The fraction of sp³-hybridized carbons (Fsp3) is 0.0526. The molecule has 0 aliphatic carbocycles. The summed E-state index contributed by atoms with van der Waals surface area (Å²) < 4.78 is 14.7. The predicted molar refractivity (Wildman–Crippen MR) is 98.8 cm³/mol. The molecule has 3 rings (SSSR count). The molecule has 1 atom stereocenters. The molecule has 0 radical (unpaired) electrons. The Morgan fingerprint density at radius 2 is 1.84 bits per heavy atom. The molecule has 126 valence electrons. The zero-order valence-corrected chi connectivity index (χ0v) is 14.7. The van der Waals surface area contributed by atoms with Crippen LogP contribution in [-0.2, 0) is 0 Å². The van der Waals surface area contributed by atoms with Crippen molar-refractivity contribution < 1.29 is 9.18 Å². The van der Waals surface area contributed by atoms with Crippen molar-refractivity contribution in [3.63, 3.8) is 0 Å². The van der Waals surface area contributed by atoms with Crippen LogP contribution in [0.5, 0.6) is 0 Å². The highest BCUT2D eigenvalue weighted by Gasteiger charge is 2.21. The molecule has 3 aromatic rings. The standard InChI is InChI=1S/C19H15BrFN3O/c20-13-10-14(21)17(19(22)25)16(11-13)24-18(12-6-2-1-3-7-12)15-8-4-5-9-23-15/h1-11,18,24H,(H2,22,25). The molecular formula is C19H15BrFN3O. The van der Waals surface area contributed by atoms with Gasteiger partial charge >= 0.3 is 0 Å². The number of carbonyl (C=O) groups excluding carboxylic acids is 1. The Kier molecular flexibility index (Phi) is 5.09. The molecule has 1 aromatic heterocycles. The minimum atomic E-state index is -0.833. The molecule has 0 saturated carbocycles. The third-order valence-electron chi connectivity index (χ3n) is 3.72. The molecule has 0 aliphatic rings. The van der Waals surface area contributed by atoms with Crippen LogP contribution in [-0.4, -0.2) is 10.9 Å². The van der Waals surface area contributed by atoms with E-state index in [1.54, 1.807) is 12.3 Å². The molecule has 0 fully saturated rings. The second-order valence-corrected chi connectivity index (χ2v) is 6.33. The number of nitrogens with zero attached hydrogens (tertiary/aromatic N) is 1. The van der Waals surface area contributed by atoms with Crippen molar-refractivity contribution >= 4 is 27.5 Å². The zero-order valence-electron chi connectivity index (χ0n) is 13.1. The summed E-state index contributed by atoms with van der Waals surface area (Å²) in [7, 11) is 0. The molecule has 0 aliphatic heterocycles. The number of carbonyl (C=O) groups is 1. The lowest BCUT2D eigenvalue weighted by atomic mass is 10.0. The monoisotopic (exact) mass is 399 g/mol. The van der Waals surface area contributed by atoms with Crippen LogP contribution in [0.25, 0.3) is 0 Å². The Balaban J connectivity index is 2.10. The summed E-state index contributed by atoms with van der Waals surface area (Å²) in [6.45, 7) is 0. The third-order valence-corrected chi connectivity index (χ3v) is 4.18. The normalized spacial score (nSPS) is 11.8. The average molecular weight is 400 g/mol. The van der Waals surface area contributed by atoms with Gasteiger partial charge in [-0.25, -0.2) is 4.39 Å². The summed E-state index contributed by atoms with van der Waals surface area (Å²) >= 11 is 3.25. The summed E-state index contributed by atoms with van der Waals surface area (Å²) in [6, 6.07) is 17.6. The van der Waals surface area contributed by atoms with Crippen LogP contribution in [0.2, 0.25) is 0 Å². The fourth-order valence-corrected chi connectivity index (χ4v) is 3.04. The molecule has 4 nitrogen and oxygen atoms in total. The van der Waals surface area contributed by atoms with Gasteiger partial charge in [0.2, 0.25) is 0 Å². The summed E-state index contributed by atoms with van der Waals surface area (Å²) in [5.41, 5.74) is 7.16. The number of amides is 1. The lowest BCUT2D eigenvalue weighted by molar-refractivity contribution is 0.0997. The first-order valence-corrected chi connectivity index (χ1v) is 8.37. The Morgan fingerprint density at radius 1 is 1.12 bits per heavy atom. The van der Waals surface area contributed by atoms with E-state index < -0.39 is 11.7 Å². The van der Waals surface area contributed by atoms with E-state index in [1.807, 2.05) is 48.5 Å². The molecule has 0 saturated heterocycles. The second kappa shape index (κ2) is 7.44. The second-order valence-electron chi connectivity index (χ2n) is 5.42. The van der Waals surface area contributed by atoms with Crippen LogP contribution < -0.4 is 11.1 Å². The molecular weight excluding hydrogens is 385 g/mol. The van der Waals surface area contributed by atoms with Gasteiger partial charge in [-0.05, 0) is 29.8 Å². The fourth-order valence-electron chi connectivity index (χ4n) is 2.61. The van der Waals surface area contributed by atoms with E-state index in [2.05, 4.69) is 26.2 Å². The van der Waals surface area contributed by atoms with E-state index in [4.69, 9.17) is 5.73 Å². The van der Waals surface area contributed by atoms with E-state index in [-0.39, 0.29) is 11.6 Å². The van der Waals surface area contributed by atoms with Crippen molar-refractivity contribution in [3.8, 4) is 0 Å². The van der Waals surface area contributed by atoms with Gasteiger partial charge in [-0.2, -0.15) is 0 Å². The van der Waals surface area contributed by atoms with Gasteiger partial charge in [0.1, 0.15) is 5.82 Å². The molecule has 6 heteroatoms. The van der Waals surface area contributed by atoms with Crippen LogP contribution in [0.3, 0.4) is 0 Å². The van der Waals surface area contributed by atoms with E-state index in [9.17, 15) is 9.18 Å². The van der Waals surface area contributed by atoms with Crippen LogP contribution in [0.15, 0.2) is 71.3 Å². The SMILES string of the molecule is NC(=O)c1c(F)cc(Br)cc1NC(c1ccccc1)c1ccccn1. The number of benzene rings is 2. The van der Waals surface area contributed by atoms with Gasteiger partial charge in [0, 0.05) is 10.7 Å². The highest BCUT2D eigenvalue weighted by Crippen LogP contribution is 2.30. The van der Waals surface area contributed by atoms with E-state index in [0.717, 1.165) is 11.3 Å². The first kappa shape index (κ1) is 17.1. The lowest BCUT2D eigenvalue weighted by Crippen LogP contribution is -2.20. The van der Waals surface area contributed by atoms with Gasteiger partial charge < -0.3 is 11.1 Å². The molecule has 1 amide bonds. The number of nitrogens with one attached hydrogen (secondary N) is 1. The quantitative estimate of drug-likeness (QED) is 0.672. The number of pyridine rings is 1. The van der Waals surface area contributed by atoms with Gasteiger partial charge in [0.05, 0.1) is 23.0 Å². The maximum Gasteiger partial charge on any atom is 0.253 e. The van der Waals surface area contributed by atoms with Gasteiger partial charge in [-0.1, -0.05) is 52.3 Å². The molecule has 1 heterocycles. The topological polar surface area (TPSA) is 68.0 Å². The number of primary amides is 1. The third kappa shape index (κ3) is 3.85. The number of rotatable bonds is 5. The van der Waals surface area contributed by atoms with Gasteiger partial charge in [-0.3, -0.25) is 9.78 Å². The number of halogens is 2. The molecule has 2 aromatic carbocycles. The molecule has 0 bridgehead atoms. The lowest BCUT2D eigenvalue weighted by Gasteiger charge is -2.22. The number of aromatic nitrogens is 1. The highest BCUT2D eigenvalue weighted by atomic mass is 79.9. The average Bonchev–Trinajstić information content (AvgIpc) is 2.60. The Morgan fingerprint density at radius 3 is 2.48 bits per heavy atom. The summed E-state index contributed by atoms with van der Waals surface area (Å²) in [5.74, 6) is -1.52. The largest absolute Gasteiger partial charge is 0.372 e. The van der Waals surface area contributed by atoms with Gasteiger partial charge in [0.25, 0.3) is 5.91 Å². The predicted octanol–water partition coefficient (Wildman–Crippen LogP) is 4.28. The Labute approximate surface area is 153 Å². The number of nitrogens with two attached hydrogens (primary N) is 1. The summed E-state index contributed by atoms with van der Waals surface area (Å²) in [6.07, 6.45) is 1.68. The van der Waals surface area contributed by atoms with Gasteiger partial charge in [0.15, 0.2) is 0 Å². The number of hydrogen-bond donors (Lipinski definition) is 2. The van der Waals surface area contributed by atoms with Gasteiger partial charge in [-0.15, -0.1) is 0 Å². The molecule has 1 unspecified atom stereocenters. The minimum Gasteiger partial charge on any atom is -0.372 e. The van der Waals surface area contributed by atoms with E-state index in [0.29, 0.717) is 10.2 Å². The first-order chi connectivity index (χ1) is 12.1. The van der Waals surface area contributed by atoms with Crippen LogP contribution in [0.1, 0.15) is 27.7 Å². The number of hydrogen-bond acceptors (Lipinski definition) is 3. The van der Waals surface area contributed by atoms with Crippen LogP contribution >= 0.6 is 15.9 Å². The van der Waals surface area contributed by atoms with Crippen molar-refractivity contribution in [3.05, 3.63) is 94.0 Å². The van der Waals surface area contributed by atoms with Crippen molar-refractivity contribution in [2.45, 2.75) is 6.04 Å². The number of anilines is 1. The van der Waals surface area contributed by atoms with Crippen LogP contribution in [0.4, 0.5) is 10.1 Å². The summed E-state index contributed by atoms with van der Waals surface area (Å²) in [4.78, 5) is 16.1. The molecule has 25 heavy (non-hydrogen) atoms. The van der Waals surface area contributed by atoms with Crippen molar-refractivity contribution in [2.24, 2.45) is 5.73 Å². The van der Waals surface area contributed by atoms with Crippen molar-refractivity contribution in [2.75, 3.05) is 5.32 Å². The van der Waals surface area contributed by atoms with E-state index in [1.165, 1.54) is 6.07 Å². The molecule has 0 spiro atoms. The zero-order chi connectivity index (χ0) is 17.8. The van der Waals surface area contributed by atoms with Crippen LogP contribution in [0, 0.1) is 5.82 Å². The Bertz CT molecular complexity index is 848. The first-order valence-electron chi connectivity index (χ1n) is 7.57. The smallest absolute Gasteiger partial charge is 0.253 e. The van der Waals surface area contributed by atoms with Crippen molar-refractivity contribution in [1.29, 1.82) is 0 Å². The van der Waals surface area contributed by atoms with Crippen molar-refractivity contribution in [1.82, 2.24) is 4.98 Å². The maximum absolute atomic E-state index is 14.2. The minimum absolute atomic E-state index is 0.180.